The summed E-state index contributed by atoms with van der Waals surface area (Å²) in [6.45, 7) is 11.8. The van der Waals surface area contributed by atoms with Crippen LogP contribution in [-0.4, -0.2) is 53.1 Å². The molecule has 0 bridgehead atoms. The molecule has 4 rings (SSSR count). The molecule has 192 valence electrons. The third-order valence-corrected chi connectivity index (χ3v) is 32.9. The Morgan fingerprint density at radius 3 is 1.36 bits per heavy atom. The van der Waals surface area contributed by atoms with E-state index >= 15 is 0 Å². The van der Waals surface area contributed by atoms with E-state index in [1.165, 1.54) is 0 Å². The molecule has 2 aromatic carbocycles. The molecule has 0 fully saturated rings. The fourth-order valence-corrected chi connectivity index (χ4v) is 36.6. The molecule has 0 radical (unpaired) electrons. The maximum atomic E-state index is 13.9. The summed E-state index contributed by atoms with van der Waals surface area (Å²) in [6.07, 6.45) is 7.99. The first-order valence-electron chi connectivity index (χ1n) is 12.0. The van der Waals surface area contributed by atoms with Crippen molar-refractivity contribution in [2.75, 3.05) is 0 Å². The third kappa shape index (κ3) is 4.88. The molecule has 10 heteroatoms. The van der Waals surface area contributed by atoms with Crippen molar-refractivity contribution < 1.29 is 25.1 Å². The number of carbonyl (C=O) groups excluding carboxylic acids is 2. The fourth-order valence-electron chi connectivity index (χ4n) is 5.13. The van der Waals surface area contributed by atoms with Crippen LogP contribution in [0.4, 0.5) is 9.59 Å². The number of fused-ring (bicyclic) bond motifs is 2. The summed E-state index contributed by atoms with van der Waals surface area (Å²) in [5.74, 6) is 0. The molecule has 2 aliphatic carbocycles. The molecule has 2 unspecified atom stereocenters. The van der Waals surface area contributed by atoms with Crippen molar-refractivity contribution in [3.63, 3.8) is 0 Å². The van der Waals surface area contributed by atoms with Gasteiger partial charge >= 0.3 is 243 Å². The van der Waals surface area contributed by atoms with Gasteiger partial charge in [-0.25, -0.2) is 0 Å². The number of halogens is 2. The molecule has 2 atom stereocenters. The number of amides is 2. The van der Waals surface area contributed by atoms with E-state index in [0.29, 0.717) is 0 Å². The van der Waals surface area contributed by atoms with Crippen molar-refractivity contribution in [3.05, 3.63) is 82.9 Å². The zero-order valence-electron chi connectivity index (χ0n) is 21.2. The van der Waals surface area contributed by atoms with E-state index in [4.69, 9.17) is 17.0 Å². The Morgan fingerprint density at radius 1 is 0.694 bits per heavy atom. The summed E-state index contributed by atoms with van der Waals surface area (Å²) in [6, 6.07) is 15.9. The third-order valence-electron chi connectivity index (χ3n) is 7.24. The van der Waals surface area contributed by atoms with Crippen LogP contribution in [-0.2, 0) is 15.5 Å². The zero-order chi connectivity index (χ0) is 25.9. The second-order valence-corrected chi connectivity index (χ2v) is 47.9. The second-order valence-electron chi connectivity index (χ2n) is 12.1. The summed E-state index contributed by atoms with van der Waals surface area (Å²) in [5, 5.41) is 0. The van der Waals surface area contributed by atoms with Gasteiger partial charge in [0, 0.05) is 0 Å². The Balaban J connectivity index is 0.00000361. The van der Waals surface area contributed by atoms with Gasteiger partial charge in [0.05, 0.1) is 0 Å². The molecule has 0 aromatic heterocycles. The van der Waals surface area contributed by atoms with Gasteiger partial charge in [-0.15, -0.1) is 0 Å². The average Bonchev–Trinajstić information content (AvgIpc) is 3.38. The quantitative estimate of drug-likeness (QED) is 0.315. The van der Waals surface area contributed by atoms with Crippen LogP contribution in [0.15, 0.2) is 60.7 Å². The monoisotopic (exact) mass is 740 g/mol. The number of hydrogen-bond donors (Lipinski definition) is 2. The van der Waals surface area contributed by atoms with Gasteiger partial charge in [0.1, 0.15) is 0 Å². The summed E-state index contributed by atoms with van der Waals surface area (Å²) in [4.78, 5) is 27.8. The first kappa shape index (κ1) is 30.2. The molecule has 2 N–H and O–H groups in total. The van der Waals surface area contributed by atoms with Gasteiger partial charge in [0.15, 0.2) is 0 Å². The van der Waals surface area contributed by atoms with Gasteiger partial charge in [0.2, 0.25) is 0 Å². The Kier molecular flexibility index (Phi) is 7.86. The van der Waals surface area contributed by atoms with Crippen LogP contribution in [0.2, 0.25) is 39.3 Å². The van der Waals surface area contributed by atoms with E-state index in [1.807, 2.05) is 112 Å². The van der Waals surface area contributed by atoms with Crippen LogP contribution >= 0.6 is 17.0 Å². The average molecular weight is 743 g/mol. The Morgan fingerprint density at radius 2 is 1.03 bits per heavy atom. The molecule has 4 nitrogen and oxygen atoms in total. The molecule has 36 heavy (non-hydrogen) atoms. The van der Waals surface area contributed by atoms with Crippen molar-refractivity contribution in [2.45, 2.75) is 46.5 Å². The maximum absolute atomic E-state index is 13.9. The molecule has 0 saturated carbocycles. The molecule has 2 aromatic rings. The Hall–Kier alpha value is -0.373. The van der Waals surface area contributed by atoms with Crippen LogP contribution in [0.3, 0.4) is 0 Å². The SMILES string of the molecule is C[Si](C)(C)C(=O)[NH][Zr]([Cl])([Cl])([NH]C(=O)[Si](C)(C)C)([CH]1C=Cc2ccccc21)[CH]1C=Cc2ccccc21.[InH3]. The normalized spacial score (nSPS) is 20.4. The first-order chi connectivity index (χ1) is 16.0. The van der Waals surface area contributed by atoms with Crippen LogP contribution in [0.1, 0.15) is 29.5 Å². The van der Waals surface area contributed by atoms with Gasteiger partial charge in [0.25, 0.3) is 0 Å². The number of nitrogens with one attached hydrogen (secondary N) is 2. The summed E-state index contributed by atoms with van der Waals surface area (Å²) in [7, 11) is 11.5. The van der Waals surface area contributed by atoms with E-state index in [1.54, 1.807) is 0 Å². The van der Waals surface area contributed by atoms with Gasteiger partial charge in [-0.3, -0.25) is 0 Å². The summed E-state index contributed by atoms with van der Waals surface area (Å²) < 4.78 is 5.56. The van der Waals surface area contributed by atoms with E-state index < -0.39 is 38.9 Å². The van der Waals surface area contributed by atoms with Crippen molar-refractivity contribution in [3.8, 4) is 0 Å². The van der Waals surface area contributed by atoms with E-state index in [-0.39, 0.29) is 36.9 Å². The van der Waals surface area contributed by atoms with Gasteiger partial charge in [-0.05, 0) is 0 Å². The van der Waals surface area contributed by atoms with Gasteiger partial charge in [-0.1, -0.05) is 0 Å². The summed E-state index contributed by atoms with van der Waals surface area (Å²) in [5.41, 5.74) is 3.56. The van der Waals surface area contributed by atoms with Crippen LogP contribution in [0.5, 0.6) is 0 Å². The number of benzene rings is 2. The molecule has 0 spiro atoms. The predicted octanol–water partition coefficient (Wildman–Crippen LogP) is 6.96. The fraction of sp³-hybridized carbons (Fsp3) is 0.308. The first-order valence-corrected chi connectivity index (χ1v) is 30.6. The number of hydrogen-bond acceptors (Lipinski definition) is 2. The van der Waals surface area contributed by atoms with Gasteiger partial charge in [-0.2, -0.15) is 0 Å². The Bertz CT molecular complexity index is 1220. The minimum absolute atomic E-state index is 0. The molecular formula is C26H37Cl2InN2O2Si2Zr. The van der Waals surface area contributed by atoms with Crippen molar-refractivity contribution >= 4 is 82.2 Å². The van der Waals surface area contributed by atoms with E-state index in [0.717, 1.165) is 22.3 Å². The standard InChI is InChI=1S/2C9H7.2C4H11NOSi.2ClH.In.Zr.3H/c2*1-2-5-9-7-3-6-8(9)4-1;2*1-7(2,3)4(5)6;;;;;;;/h2*1-7H;2*1-3H3,(H2,5,6);2*1H;;;;;/q;;;;;;;+4;;;/p-4. The predicted molar refractivity (Wildman–Crippen MR) is 162 cm³/mol. The molecule has 2 aliphatic rings. The minimum atomic E-state index is -6.58. The van der Waals surface area contributed by atoms with Crippen LogP contribution in [0, 0.1) is 0 Å². The number of allylic oxidation sites excluding steroid dienone is 2. The van der Waals surface area contributed by atoms with Crippen molar-refractivity contribution in [1.82, 2.24) is 6.52 Å². The number of carbonyl (C=O) groups is 2. The molecule has 2 amide bonds. The molecular weight excluding hydrogens is 705 g/mol. The molecule has 0 heterocycles. The Labute approximate surface area is 240 Å². The molecule has 0 saturated heterocycles. The second kappa shape index (κ2) is 9.37. The van der Waals surface area contributed by atoms with Crippen molar-refractivity contribution in [2.24, 2.45) is 0 Å². The topological polar surface area (TPSA) is 58.2 Å². The molecule has 0 aliphatic heterocycles. The summed E-state index contributed by atoms with van der Waals surface area (Å²) >= 11 is -6.58. The van der Waals surface area contributed by atoms with E-state index in [9.17, 15) is 9.59 Å². The van der Waals surface area contributed by atoms with E-state index in [2.05, 4.69) is 6.52 Å². The van der Waals surface area contributed by atoms with Crippen LogP contribution < -0.4 is 6.52 Å². The van der Waals surface area contributed by atoms with Crippen LogP contribution in [0.25, 0.3) is 12.2 Å². The number of rotatable bonds is 6. The van der Waals surface area contributed by atoms with Crippen molar-refractivity contribution in [1.29, 1.82) is 0 Å². The van der Waals surface area contributed by atoms with Gasteiger partial charge < -0.3 is 0 Å². The zero-order valence-corrected chi connectivity index (χ0v) is 27.1.